The van der Waals surface area contributed by atoms with Crippen molar-refractivity contribution >= 4 is 11.8 Å². The van der Waals surface area contributed by atoms with Gasteiger partial charge >= 0.3 is 11.8 Å². The molecule has 2 fully saturated rings. The SMILES string of the molecule is O=C1C(=O)N2CCNCC2CN1CCOc1ccccc1. The molecule has 0 spiro atoms. The van der Waals surface area contributed by atoms with Crippen molar-refractivity contribution in [2.24, 2.45) is 0 Å². The van der Waals surface area contributed by atoms with Crippen molar-refractivity contribution in [3.8, 4) is 5.75 Å². The zero-order valence-electron chi connectivity index (χ0n) is 11.8. The Morgan fingerprint density at radius 1 is 1.19 bits per heavy atom. The molecule has 2 heterocycles. The maximum Gasteiger partial charge on any atom is 0.312 e. The molecule has 1 aromatic rings. The third kappa shape index (κ3) is 3.00. The van der Waals surface area contributed by atoms with E-state index in [1.54, 1.807) is 9.80 Å². The summed E-state index contributed by atoms with van der Waals surface area (Å²) in [6.45, 7) is 3.52. The van der Waals surface area contributed by atoms with Crippen molar-refractivity contribution in [1.29, 1.82) is 0 Å². The molecule has 2 aliphatic rings. The van der Waals surface area contributed by atoms with Crippen LogP contribution >= 0.6 is 0 Å². The third-order valence-corrected chi connectivity index (χ3v) is 3.89. The van der Waals surface area contributed by atoms with E-state index in [9.17, 15) is 9.59 Å². The molecular formula is C15H19N3O3. The van der Waals surface area contributed by atoms with E-state index in [-0.39, 0.29) is 11.9 Å². The number of nitrogens with zero attached hydrogens (tertiary/aromatic N) is 2. The number of rotatable bonds is 4. The molecule has 112 valence electrons. The summed E-state index contributed by atoms with van der Waals surface area (Å²) in [5, 5.41) is 3.26. The average molecular weight is 289 g/mol. The van der Waals surface area contributed by atoms with Gasteiger partial charge in [-0.1, -0.05) is 18.2 Å². The van der Waals surface area contributed by atoms with Crippen LogP contribution in [-0.2, 0) is 9.59 Å². The lowest BCUT2D eigenvalue weighted by Crippen LogP contribution is -2.65. The van der Waals surface area contributed by atoms with Crippen LogP contribution in [0, 0.1) is 0 Å². The number of nitrogens with one attached hydrogen (secondary N) is 1. The fourth-order valence-electron chi connectivity index (χ4n) is 2.77. The van der Waals surface area contributed by atoms with Gasteiger partial charge in [-0.05, 0) is 12.1 Å². The maximum atomic E-state index is 12.1. The van der Waals surface area contributed by atoms with Gasteiger partial charge in [0.1, 0.15) is 12.4 Å². The van der Waals surface area contributed by atoms with E-state index in [1.807, 2.05) is 30.3 Å². The number of ether oxygens (including phenoxy) is 1. The first-order valence-corrected chi connectivity index (χ1v) is 7.24. The first-order valence-electron chi connectivity index (χ1n) is 7.24. The quantitative estimate of drug-likeness (QED) is 0.774. The van der Waals surface area contributed by atoms with Crippen LogP contribution in [0.25, 0.3) is 0 Å². The van der Waals surface area contributed by atoms with E-state index in [0.717, 1.165) is 18.8 Å². The Balaban J connectivity index is 1.55. The smallest absolute Gasteiger partial charge is 0.312 e. The highest BCUT2D eigenvalue weighted by Gasteiger charge is 2.39. The predicted molar refractivity (Wildman–Crippen MR) is 76.9 cm³/mol. The average Bonchev–Trinajstić information content (AvgIpc) is 2.53. The molecule has 0 aromatic heterocycles. The van der Waals surface area contributed by atoms with Crippen molar-refractivity contribution in [1.82, 2.24) is 15.1 Å². The fourth-order valence-corrected chi connectivity index (χ4v) is 2.77. The minimum atomic E-state index is -0.412. The molecule has 2 saturated heterocycles. The van der Waals surface area contributed by atoms with Gasteiger partial charge < -0.3 is 19.9 Å². The van der Waals surface area contributed by atoms with E-state index in [1.165, 1.54) is 0 Å². The summed E-state index contributed by atoms with van der Waals surface area (Å²) < 4.78 is 5.59. The predicted octanol–water partition coefficient (Wildman–Crippen LogP) is -0.292. The highest BCUT2D eigenvalue weighted by atomic mass is 16.5. The van der Waals surface area contributed by atoms with Gasteiger partial charge in [0.25, 0.3) is 0 Å². The minimum absolute atomic E-state index is 0.0840. The molecule has 0 aliphatic carbocycles. The number of benzene rings is 1. The van der Waals surface area contributed by atoms with Crippen LogP contribution in [0.4, 0.5) is 0 Å². The number of carbonyl (C=O) groups excluding carboxylic acids is 2. The Morgan fingerprint density at radius 3 is 2.81 bits per heavy atom. The molecule has 1 unspecified atom stereocenters. The van der Waals surface area contributed by atoms with E-state index in [2.05, 4.69) is 5.32 Å². The molecule has 2 amide bonds. The van der Waals surface area contributed by atoms with Crippen LogP contribution in [-0.4, -0.2) is 67.0 Å². The molecule has 21 heavy (non-hydrogen) atoms. The molecular weight excluding hydrogens is 270 g/mol. The number of piperazine rings is 2. The van der Waals surface area contributed by atoms with Crippen LogP contribution in [0.3, 0.4) is 0 Å². The van der Waals surface area contributed by atoms with Crippen LogP contribution in [0.2, 0.25) is 0 Å². The Bertz CT molecular complexity index is 520. The summed E-state index contributed by atoms with van der Waals surface area (Å²) in [6, 6.07) is 9.55. The second-order valence-electron chi connectivity index (χ2n) is 5.27. The van der Waals surface area contributed by atoms with E-state index in [0.29, 0.717) is 26.2 Å². The molecule has 1 N–H and O–H groups in total. The highest BCUT2D eigenvalue weighted by Crippen LogP contribution is 2.14. The number of fused-ring (bicyclic) bond motifs is 1. The Hall–Kier alpha value is -2.08. The molecule has 0 radical (unpaired) electrons. The van der Waals surface area contributed by atoms with E-state index < -0.39 is 5.91 Å². The van der Waals surface area contributed by atoms with Crippen molar-refractivity contribution < 1.29 is 14.3 Å². The van der Waals surface area contributed by atoms with Gasteiger partial charge in [-0.15, -0.1) is 0 Å². The summed E-state index contributed by atoms with van der Waals surface area (Å²) in [4.78, 5) is 27.4. The second kappa shape index (κ2) is 6.13. The molecule has 3 rings (SSSR count). The van der Waals surface area contributed by atoms with Gasteiger partial charge in [0.15, 0.2) is 0 Å². The normalized spacial score (nSPS) is 22.2. The first-order chi connectivity index (χ1) is 10.3. The Morgan fingerprint density at radius 2 is 2.00 bits per heavy atom. The van der Waals surface area contributed by atoms with Gasteiger partial charge in [0.2, 0.25) is 0 Å². The zero-order valence-corrected chi connectivity index (χ0v) is 11.8. The van der Waals surface area contributed by atoms with Crippen LogP contribution in [0.5, 0.6) is 5.75 Å². The number of carbonyl (C=O) groups is 2. The number of hydrogen-bond acceptors (Lipinski definition) is 4. The van der Waals surface area contributed by atoms with Gasteiger partial charge in [-0.25, -0.2) is 0 Å². The number of amides is 2. The lowest BCUT2D eigenvalue weighted by molar-refractivity contribution is -0.160. The third-order valence-electron chi connectivity index (χ3n) is 3.89. The van der Waals surface area contributed by atoms with E-state index in [4.69, 9.17) is 4.74 Å². The summed E-state index contributed by atoms with van der Waals surface area (Å²) in [7, 11) is 0. The molecule has 1 atom stereocenters. The van der Waals surface area contributed by atoms with Gasteiger partial charge in [-0.2, -0.15) is 0 Å². The van der Waals surface area contributed by atoms with Crippen molar-refractivity contribution in [2.45, 2.75) is 6.04 Å². The van der Waals surface area contributed by atoms with Crippen molar-refractivity contribution in [3.05, 3.63) is 30.3 Å². The van der Waals surface area contributed by atoms with Gasteiger partial charge in [-0.3, -0.25) is 9.59 Å². The highest BCUT2D eigenvalue weighted by molar-refractivity contribution is 6.35. The second-order valence-corrected chi connectivity index (χ2v) is 5.27. The number of hydrogen-bond donors (Lipinski definition) is 1. The maximum absolute atomic E-state index is 12.1. The molecule has 2 aliphatic heterocycles. The van der Waals surface area contributed by atoms with Crippen LogP contribution in [0.1, 0.15) is 0 Å². The number of para-hydroxylation sites is 1. The van der Waals surface area contributed by atoms with Crippen LogP contribution in [0.15, 0.2) is 30.3 Å². The lowest BCUT2D eigenvalue weighted by Gasteiger charge is -2.43. The van der Waals surface area contributed by atoms with E-state index >= 15 is 0 Å². The summed E-state index contributed by atoms with van der Waals surface area (Å²) in [5.74, 6) is -0.0217. The zero-order chi connectivity index (χ0) is 14.7. The van der Waals surface area contributed by atoms with Gasteiger partial charge in [0.05, 0.1) is 12.6 Å². The standard InChI is InChI=1S/C15H19N3O3/c19-14-15(20)18-7-6-16-10-12(18)11-17(14)8-9-21-13-4-2-1-3-5-13/h1-5,12,16H,6-11H2. The van der Waals surface area contributed by atoms with Crippen molar-refractivity contribution in [3.63, 3.8) is 0 Å². The fraction of sp³-hybridized carbons (Fsp3) is 0.467. The van der Waals surface area contributed by atoms with Gasteiger partial charge in [0, 0.05) is 26.2 Å². The summed E-state index contributed by atoms with van der Waals surface area (Å²) >= 11 is 0. The summed E-state index contributed by atoms with van der Waals surface area (Å²) in [6.07, 6.45) is 0. The Kier molecular flexibility index (Phi) is 4.06. The molecule has 6 nitrogen and oxygen atoms in total. The molecule has 1 aromatic carbocycles. The molecule has 6 heteroatoms. The van der Waals surface area contributed by atoms with Crippen molar-refractivity contribution in [2.75, 3.05) is 39.3 Å². The largest absolute Gasteiger partial charge is 0.492 e. The molecule has 0 bridgehead atoms. The first kappa shape index (κ1) is 13.9. The van der Waals surface area contributed by atoms with Crippen LogP contribution < -0.4 is 10.1 Å². The molecule has 0 saturated carbocycles. The topological polar surface area (TPSA) is 61.9 Å². The Labute approximate surface area is 123 Å². The summed E-state index contributed by atoms with van der Waals surface area (Å²) in [5.41, 5.74) is 0. The minimum Gasteiger partial charge on any atom is -0.492 e. The lowest BCUT2D eigenvalue weighted by atomic mass is 10.1. The monoisotopic (exact) mass is 289 g/mol.